The summed E-state index contributed by atoms with van der Waals surface area (Å²) < 4.78 is 7.13. The Kier molecular flexibility index (Phi) is 6.63. The fraction of sp³-hybridized carbons (Fsp3) is 0.143. The van der Waals surface area contributed by atoms with Crippen molar-refractivity contribution < 1.29 is 4.42 Å². The number of hydrogen-bond donors (Lipinski definition) is 0. The normalized spacial score (nSPS) is 15.7. The molecule has 0 unspecified atom stereocenters. The molecule has 3 aliphatic rings. The van der Waals surface area contributed by atoms with E-state index in [0.717, 1.165) is 39.0 Å². The number of para-hydroxylation sites is 1. The van der Waals surface area contributed by atoms with Crippen LogP contribution >= 0.6 is 0 Å². The first-order valence-corrected chi connectivity index (χ1v) is 20.6. The molecule has 58 heavy (non-hydrogen) atoms. The van der Waals surface area contributed by atoms with E-state index in [0.29, 0.717) is 0 Å². The molecule has 0 amide bonds. The van der Waals surface area contributed by atoms with Gasteiger partial charge in [-0.2, -0.15) is 0 Å². The molecule has 2 heteroatoms. The van der Waals surface area contributed by atoms with E-state index in [1.165, 1.54) is 72.3 Å². The molecule has 1 heterocycles. The van der Waals surface area contributed by atoms with Crippen molar-refractivity contribution in [2.75, 3.05) is 4.90 Å². The Morgan fingerprint density at radius 3 is 1.34 bits per heavy atom. The van der Waals surface area contributed by atoms with Crippen LogP contribution in [0.2, 0.25) is 0 Å². The van der Waals surface area contributed by atoms with E-state index < -0.39 is 0 Å². The Morgan fingerprint density at radius 1 is 0.379 bits per heavy atom. The second kappa shape index (κ2) is 11.5. The van der Waals surface area contributed by atoms with Gasteiger partial charge in [-0.25, -0.2) is 0 Å². The summed E-state index contributed by atoms with van der Waals surface area (Å²) in [5.74, 6) is 0. The molecule has 0 saturated heterocycles. The van der Waals surface area contributed by atoms with Gasteiger partial charge in [0, 0.05) is 38.6 Å². The SMILES string of the molecule is CC1(C)c2ccccc2-c2ccc(N(c3ccc4c(c3)C(C)(C)c3ccccc3-4)c3cccc4oc5c(C6(C)c7ccccc7-c7ccccc76)cccc5c34)cc21. The van der Waals surface area contributed by atoms with Crippen molar-refractivity contribution in [3.05, 3.63) is 209 Å². The summed E-state index contributed by atoms with van der Waals surface area (Å²) in [6.07, 6.45) is 0. The van der Waals surface area contributed by atoms with E-state index in [1.54, 1.807) is 0 Å². The quantitative estimate of drug-likeness (QED) is 0.178. The Labute approximate surface area is 340 Å². The number of hydrogen-bond acceptors (Lipinski definition) is 2. The molecule has 1 aromatic heterocycles. The number of rotatable bonds is 4. The van der Waals surface area contributed by atoms with Crippen molar-refractivity contribution in [3.63, 3.8) is 0 Å². The van der Waals surface area contributed by atoms with Gasteiger partial charge in [-0.05, 0) is 110 Å². The highest BCUT2D eigenvalue weighted by Crippen LogP contribution is 2.57. The maximum atomic E-state index is 7.13. The summed E-state index contributed by atoms with van der Waals surface area (Å²) in [5.41, 5.74) is 21.7. The third-order valence-corrected chi connectivity index (χ3v) is 14.2. The second-order valence-electron chi connectivity index (χ2n) is 17.8. The lowest BCUT2D eigenvalue weighted by Crippen LogP contribution is -2.22. The topological polar surface area (TPSA) is 16.4 Å². The van der Waals surface area contributed by atoms with Crippen molar-refractivity contribution in [2.45, 2.75) is 50.9 Å². The zero-order valence-electron chi connectivity index (χ0n) is 33.5. The highest BCUT2D eigenvalue weighted by molar-refractivity contribution is 6.14. The second-order valence-corrected chi connectivity index (χ2v) is 17.8. The van der Waals surface area contributed by atoms with Crippen LogP contribution in [0.5, 0.6) is 0 Å². The third-order valence-electron chi connectivity index (χ3n) is 14.2. The first-order chi connectivity index (χ1) is 28.2. The molecule has 2 nitrogen and oxygen atoms in total. The molecular weight excluding hydrogens is 703 g/mol. The maximum Gasteiger partial charge on any atom is 0.139 e. The molecule has 0 fully saturated rings. The van der Waals surface area contributed by atoms with E-state index in [4.69, 9.17) is 4.42 Å². The van der Waals surface area contributed by atoms with E-state index in [1.807, 2.05) is 0 Å². The standard InChI is InChI=1S/C56H43NO/c1-54(2)43-21-10-6-16-36(43)40-30-28-34(32-48(40)54)57(35-29-31-41-37-17-7-11-22-44(37)55(3,4)49(41)33-35)50-26-15-27-51-52(50)42-20-14-25-47(53(42)58-51)56(5)45-23-12-8-18-38(45)39-19-9-13-24-46(39)56/h6-33H,1-5H3. The van der Waals surface area contributed by atoms with Crippen LogP contribution in [0.1, 0.15) is 73.6 Å². The average molecular weight is 746 g/mol. The zero-order chi connectivity index (χ0) is 39.1. The van der Waals surface area contributed by atoms with Crippen molar-refractivity contribution in [1.29, 1.82) is 0 Å². The first-order valence-electron chi connectivity index (χ1n) is 20.6. The summed E-state index contributed by atoms with van der Waals surface area (Å²) >= 11 is 0. The molecular formula is C56H43NO. The van der Waals surface area contributed by atoms with Crippen LogP contribution in [0.15, 0.2) is 174 Å². The van der Waals surface area contributed by atoms with Crippen LogP contribution in [0.25, 0.3) is 55.3 Å². The molecule has 0 saturated carbocycles. The lowest BCUT2D eigenvalue weighted by Gasteiger charge is -2.30. The Bertz CT molecular complexity index is 3060. The number of fused-ring (bicyclic) bond motifs is 12. The number of benzene rings is 8. The van der Waals surface area contributed by atoms with Gasteiger partial charge in [0.15, 0.2) is 0 Å². The Hall–Kier alpha value is -6.64. The summed E-state index contributed by atoms with van der Waals surface area (Å²) in [5, 5.41) is 2.24. The number of nitrogens with zero attached hydrogens (tertiary/aromatic N) is 1. The minimum absolute atomic E-state index is 0.137. The van der Waals surface area contributed by atoms with Crippen LogP contribution < -0.4 is 4.90 Å². The van der Waals surface area contributed by atoms with Crippen molar-refractivity contribution in [3.8, 4) is 33.4 Å². The van der Waals surface area contributed by atoms with Crippen LogP contribution in [-0.4, -0.2) is 0 Å². The molecule has 0 bridgehead atoms. The van der Waals surface area contributed by atoms with Gasteiger partial charge in [0.2, 0.25) is 0 Å². The van der Waals surface area contributed by atoms with Gasteiger partial charge in [0.05, 0.1) is 11.1 Å². The summed E-state index contributed by atoms with van der Waals surface area (Å²) in [6, 6.07) is 63.2. The number of anilines is 3. The zero-order valence-corrected chi connectivity index (χ0v) is 33.5. The average Bonchev–Trinajstić information content (AvgIpc) is 3.91. The minimum atomic E-state index is -0.387. The molecule has 0 spiro atoms. The lowest BCUT2D eigenvalue weighted by molar-refractivity contribution is 0.638. The van der Waals surface area contributed by atoms with Crippen LogP contribution in [0, 0.1) is 0 Å². The van der Waals surface area contributed by atoms with E-state index >= 15 is 0 Å². The van der Waals surface area contributed by atoms with Gasteiger partial charge >= 0.3 is 0 Å². The molecule has 0 atom stereocenters. The molecule has 9 aromatic rings. The fourth-order valence-electron chi connectivity index (χ4n) is 11.2. The van der Waals surface area contributed by atoms with E-state index in [2.05, 4.69) is 209 Å². The Morgan fingerprint density at radius 2 is 0.810 bits per heavy atom. The molecule has 0 radical (unpaired) electrons. The lowest BCUT2D eigenvalue weighted by atomic mass is 9.74. The summed E-state index contributed by atoms with van der Waals surface area (Å²) in [7, 11) is 0. The van der Waals surface area contributed by atoms with Crippen molar-refractivity contribution in [2.24, 2.45) is 0 Å². The van der Waals surface area contributed by atoms with Gasteiger partial charge < -0.3 is 9.32 Å². The largest absolute Gasteiger partial charge is 0.456 e. The third kappa shape index (κ3) is 4.22. The van der Waals surface area contributed by atoms with E-state index in [-0.39, 0.29) is 16.2 Å². The molecule has 0 N–H and O–H groups in total. The molecule has 3 aliphatic carbocycles. The fourth-order valence-corrected chi connectivity index (χ4v) is 11.2. The van der Waals surface area contributed by atoms with Crippen molar-refractivity contribution >= 4 is 39.0 Å². The Balaban J connectivity index is 1.11. The van der Waals surface area contributed by atoms with Crippen molar-refractivity contribution in [1.82, 2.24) is 0 Å². The van der Waals surface area contributed by atoms with Gasteiger partial charge in [0.25, 0.3) is 0 Å². The predicted molar refractivity (Wildman–Crippen MR) is 241 cm³/mol. The summed E-state index contributed by atoms with van der Waals surface area (Å²) in [6.45, 7) is 11.8. The summed E-state index contributed by atoms with van der Waals surface area (Å²) in [4.78, 5) is 2.49. The van der Waals surface area contributed by atoms with Gasteiger partial charge in [-0.3, -0.25) is 0 Å². The first kappa shape index (κ1) is 33.5. The maximum absolute atomic E-state index is 7.13. The van der Waals surface area contributed by atoms with Gasteiger partial charge in [-0.15, -0.1) is 0 Å². The van der Waals surface area contributed by atoms with E-state index in [9.17, 15) is 0 Å². The van der Waals surface area contributed by atoms with Gasteiger partial charge in [-0.1, -0.05) is 161 Å². The minimum Gasteiger partial charge on any atom is -0.456 e. The molecule has 0 aliphatic heterocycles. The highest BCUT2D eigenvalue weighted by Gasteiger charge is 2.43. The van der Waals surface area contributed by atoms with Crippen LogP contribution in [0.4, 0.5) is 17.1 Å². The monoisotopic (exact) mass is 745 g/mol. The highest BCUT2D eigenvalue weighted by atomic mass is 16.3. The predicted octanol–water partition coefficient (Wildman–Crippen LogP) is 15.0. The molecule has 8 aromatic carbocycles. The molecule has 278 valence electrons. The van der Waals surface area contributed by atoms with Crippen LogP contribution in [-0.2, 0) is 16.2 Å². The smallest absolute Gasteiger partial charge is 0.139 e. The number of furan rings is 1. The molecule has 12 rings (SSSR count). The van der Waals surface area contributed by atoms with Crippen LogP contribution in [0.3, 0.4) is 0 Å². The van der Waals surface area contributed by atoms with Gasteiger partial charge in [0.1, 0.15) is 11.2 Å².